The van der Waals surface area contributed by atoms with Crippen LogP contribution in [-0.2, 0) is 17.3 Å². The van der Waals surface area contributed by atoms with E-state index in [1.165, 1.54) is 12.1 Å². The summed E-state index contributed by atoms with van der Waals surface area (Å²) in [6, 6.07) is 0. The van der Waals surface area contributed by atoms with Gasteiger partial charge in [0.1, 0.15) is 0 Å². The molecule has 7 heteroatoms. The minimum absolute atomic E-state index is 0.227. The predicted octanol–water partition coefficient (Wildman–Crippen LogP) is 7.03. The fraction of sp³-hybridized carbons (Fsp3) is 1.00. The molecule has 0 nitrogen and oxygen atoms in total. The van der Waals surface area contributed by atoms with E-state index in [1.54, 1.807) is 18.5 Å². The van der Waals surface area contributed by atoms with E-state index in [0.717, 1.165) is 0 Å². The van der Waals surface area contributed by atoms with Crippen molar-refractivity contribution >= 4 is 47.5 Å². The third-order valence-electron chi connectivity index (χ3n) is 4.23. The molecule has 0 aromatic carbocycles. The molecule has 0 saturated carbocycles. The van der Waals surface area contributed by atoms with Gasteiger partial charge in [0.15, 0.2) is 0 Å². The molecule has 0 aliphatic rings. The molecule has 0 spiro atoms. The molecule has 3 unspecified atom stereocenters. The molecule has 0 rings (SSSR count). The van der Waals surface area contributed by atoms with Gasteiger partial charge >= 0.3 is 175 Å². The first-order valence-electron chi connectivity index (χ1n) is 9.02. The zero-order chi connectivity index (χ0) is 19.9. The van der Waals surface area contributed by atoms with Crippen LogP contribution in [0.4, 0.5) is 0 Å². The summed E-state index contributed by atoms with van der Waals surface area (Å²) >= 11 is -1.19. The van der Waals surface area contributed by atoms with Crippen LogP contribution in [-0.4, -0.2) is 111 Å². The molecule has 0 aliphatic heterocycles. The molecule has 0 bridgehead atoms. The fourth-order valence-electron chi connectivity index (χ4n) is 2.96. The van der Waals surface area contributed by atoms with Crippen LogP contribution in [0.15, 0.2) is 0 Å². The van der Waals surface area contributed by atoms with Crippen LogP contribution in [0.25, 0.3) is 0 Å². The normalized spacial score (nSPS) is 17.3. The van der Waals surface area contributed by atoms with Gasteiger partial charge < -0.3 is 0 Å². The second kappa shape index (κ2) is 14.3. The number of hydrogen-bond donors (Lipinski definition) is 0. The summed E-state index contributed by atoms with van der Waals surface area (Å²) in [6.07, 6.45) is 4.79. The fourth-order valence-corrected chi connectivity index (χ4v) is 44.4. The van der Waals surface area contributed by atoms with Crippen LogP contribution in [0.5, 0.6) is 0 Å². The van der Waals surface area contributed by atoms with Gasteiger partial charge in [0, 0.05) is 0 Å². The quantitative estimate of drug-likeness (QED) is 0.183. The Kier molecular flexibility index (Phi) is 16.2. The summed E-state index contributed by atoms with van der Waals surface area (Å²) in [5.41, 5.74) is 0. The van der Waals surface area contributed by atoms with E-state index in [2.05, 4.69) is 80.0 Å². The van der Waals surface area contributed by atoms with Gasteiger partial charge in [-0.3, -0.25) is 0 Å². The molecule has 0 fully saturated rings. The van der Waals surface area contributed by atoms with Gasteiger partial charge in [-0.1, -0.05) is 0 Å². The summed E-state index contributed by atoms with van der Waals surface area (Å²) in [5, 5.41) is 0. The van der Waals surface area contributed by atoms with Crippen LogP contribution in [0.1, 0.15) is 0 Å². The van der Waals surface area contributed by atoms with Crippen LogP contribution in [0.3, 0.4) is 0 Å². The molecule has 0 amide bonds. The van der Waals surface area contributed by atoms with Crippen molar-refractivity contribution in [2.24, 2.45) is 0 Å². The molecule has 0 radical (unpaired) electrons. The molecule has 0 aromatic heterocycles. The maximum absolute atomic E-state index is 2.63. The van der Waals surface area contributed by atoms with Crippen LogP contribution >= 0.6 is 47.5 Å². The number of rotatable bonds is 12. The van der Waals surface area contributed by atoms with E-state index in [-0.39, 0.29) is 47.5 Å². The van der Waals surface area contributed by atoms with Gasteiger partial charge in [-0.2, -0.15) is 0 Å². The molecule has 0 N–H and O–H groups in total. The average Bonchev–Trinajstić information content (AvgIpc) is 2.42. The van der Waals surface area contributed by atoms with Crippen LogP contribution in [0.2, 0.25) is 0 Å². The van der Waals surface area contributed by atoms with Crippen molar-refractivity contribution in [3.63, 3.8) is 0 Å². The van der Waals surface area contributed by atoms with Gasteiger partial charge in [-0.05, 0) is 0 Å². The first kappa shape index (κ1) is 28.3. The van der Waals surface area contributed by atoms with Crippen molar-refractivity contribution in [2.75, 3.05) is 98.5 Å². The summed E-state index contributed by atoms with van der Waals surface area (Å²) < 4.78 is 3.53. The van der Waals surface area contributed by atoms with Gasteiger partial charge in [0.25, 0.3) is 0 Å². The summed E-state index contributed by atoms with van der Waals surface area (Å²) in [6.45, 7) is 31.0. The zero-order valence-electron chi connectivity index (χ0n) is 18.9. The molecule has 0 saturated heterocycles. The Balaban J connectivity index is 6.01. The summed E-state index contributed by atoms with van der Waals surface area (Å²) in [5.74, 6) is 0. The van der Waals surface area contributed by atoms with Crippen LogP contribution < -0.4 is 0 Å². The van der Waals surface area contributed by atoms with E-state index >= 15 is 0 Å². The molecular weight excluding hydrogens is 498 g/mol. The molecule has 3 atom stereocenters. The van der Waals surface area contributed by atoms with Crippen molar-refractivity contribution in [2.45, 2.75) is 12.1 Å². The molecular formula is C18H45MoP6-3. The molecule has 0 aromatic rings. The topological polar surface area (TPSA) is 0 Å². The second-order valence-corrected chi connectivity index (χ2v) is 32.7. The maximum atomic E-state index is 2.63. The first-order chi connectivity index (χ1) is 11.4. The standard InChI is InChI=1S/3C6H15P2.Mo/c3*1-7(2)5-6-8(3)4;/h3*5H,6H2,1-4H3;/q;;;-3. The number of hydrogen-bond acceptors (Lipinski definition) is 0. The van der Waals surface area contributed by atoms with Gasteiger partial charge in [-0.25, -0.2) is 0 Å². The zero-order valence-corrected chi connectivity index (χ0v) is 26.3. The van der Waals surface area contributed by atoms with E-state index in [9.17, 15) is 0 Å². The minimum atomic E-state index is -1.19. The molecule has 156 valence electrons. The SMILES string of the molecule is CP(C)C[CH](P(C)C)[Mo-3]([CH](CP(C)C)P(C)C)[CH](CP(C)C)P(C)C. The van der Waals surface area contributed by atoms with Gasteiger partial charge in [-0.15, -0.1) is 0 Å². The Bertz CT molecular complexity index is 294. The van der Waals surface area contributed by atoms with Gasteiger partial charge in [0.05, 0.1) is 0 Å². The Morgan fingerprint density at radius 1 is 0.440 bits per heavy atom. The molecule has 25 heavy (non-hydrogen) atoms. The van der Waals surface area contributed by atoms with E-state index in [1.807, 2.05) is 0 Å². The Morgan fingerprint density at radius 3 is 0.760 bits per heavy atom. The van der Waals surface area contributed by atoms with Crippen molar-refractivity contribution in [3.8, 4) is 0 Å². The summed E-state index contributed by atoms with van der Waals surface area (Å²) in [4.78, 5) is 0. The predicted molar refractivity (Wildman–Crippen MR) is 139 cm³/mol. The van der Waals surface area contributed by atoms with Crippen molar-refractivity contribution in [1.82, 2.24) is 0 Å². The van der Waals surface area contributed by atoms with Crippen LogP contribution in [0, 0.1) is 0 Å². The first-order valence-corrected chi connectivity index (χ1v) is 26.7. The molecule has 0 heterocycles. The average molecular weight is 543 g/mol. The Hall–Kier alpha value is 3.27. The van der Waals surface area contributed by atoms with E-state index in [0.29, 0.717) is 0 Å². The Morgan fingerprint density at radius 2 is 0.640 bits per heavy atom. The van der Waals surface area contributed by atoms with Crippen molar-refractivity contribution in [1.29, 1.82) is 0 Å². The molecule has 0 aliphatic carbocycles. The second-order valence-electron chi connectivity index (χ2n) is 8.45. The van der Waals surface area contributed by atoms with Crippen molar-refractivity contribution < 1.29 is 17.3 Å². The monoisotopic (exact) mass is 545 g/mol. The van der Waals surface area contributed by atoms with E-state index in [4.69, 9.17) is 0 Å². The third kappa shape index (κ3) is 11.3. The third-order valence-corrected chi connectivity index (χ3v) is 33.9. The van der Waals surface area contributed by atoms with Crippen molar-refractivity contribution in [3.05, 3.63) is 0 Å². The van der Waals surface area contributed by atoms with E-state index < -0.39 is 17.3 Å². The van der Waals surface area contributed by atoms with Gasteiger partial charge in [0.2, 0.25) is 0 Å². The Labute approximate surface area is 174 Å². The summed E-state index contributed by atoms with van der Waals surface area (Å²) in [7, 11) is 1.43.